The van der Waals surface area contributed by atoms with Crippen LogP contribution in [0, 0.1) is 30.7 Å². The summed E-state index contributed by atoms with van der Waals surface area (Å²) in [5, 5.41) is 5.53. The van der Waals surface area contributed by atoms with Crippen molar-refractivity contribution >= 4 is 17.9 Å². The van der Waals surface area contributed by atoms with Gasteiger partial charge in [-0.05, 0) is 65.2 Å². The predicted octanol–water partition coefficient (Wildman–Crippen LogP) is 3.98. The number of nitrogens with zero attached hydrogens (tertiary/aromatic N) is 1. The summed E-state index contributed by atoms with van der Waals surface area (Å²) in [5.74, 6) is 1.22. The predicted molar refractivity (Wildman–Crippen MR) is 133 cm³/mol. The summed E-state index contributed by atoms with van der Waals surface area (Å²) < 4.78 is 5.34. The number of terminal acetylenes is 2. The summed E-state index contributed by atoms with van der Waals surface area (Å²) >= 11 is 0. The first kappa shape index (κ1) is 28.6. The van der Waals surface area contributed by atoms with Crippen molar-refractivity contribution in [3.8, 4) is 24.8 Å². The molecule has 2 N–H and O–H groups in total. The van der Waals surface area contributed by atoms with Crippen LogP contribution in [0.3, 0.4) is 0 Å². The first-order valence-corrected chi connectivity index (χ1v) is 11.3. The van der Waals surface area contributed by atoms with Gasteiger partial charge >= 0.3 is 6.09 Å². The highest BCUT2D eigenvalue weighted by molar-refractivity contribution is 5.93. The Hall–Kier alpha value is -3.45. The maximum Gasteiger partial charge on any atom is 0.408 e. The molecule has 1 aromatic carbocycles. The van der Waals surface area contributed by atoms with Crippen LogP contribution in [0.1, 0.15) is 79.0 Å². The topological polar surface area (TPSA) is 87.7 Å². The highest BCUT2D eigenvalue weighted by Gasteiger charge is 2.38. The van der Waals surface area contributed by atoms with E-state index in [9.17, 15) is 14.4 Å². The molecule has 0 saturated heterocycles. The third-order valence-electron chi connectivity index (χ3n) is 4.93. The zero-order valence-electron chi connectivity index (χ0n) is 21.5. The Morgan fingerprint density at radius 3 is 2.03 bits per heavy atom. The summed E-state index contributed by atoms with van der Waals surface area (Å²) in [6.07, 6.45) is 11.1. The minimum atomic E-state index is -1.13. The van der Waals surface area contributed by atoms with Crippen LogP contribution in [0.25, 0.3) is 0 Å². The Labute approximate surface area is 204 Å². The highest BCUT2D eigenvalue weighted by Crippen LogP contribution is 2.25. The van der Waals surface area contributed by atoms with E-state index >= 15 is 0 Å². The second-order valence-electron chi connectivity index (χ2n) is 10.3. The van der Waals surface area contributed by atoms with E-state index in [1.54, 1.807) is 45.0 Å². The van der Waals surface area contributed by atoms with Gasteiger partial charge in [0.05, 0.1) is 0 Å². The number of benzene rings is 1. The number of rotatable bonds is 7. The molecule has 0 aliphatic rings. The van der Waals surface area contributed by atoms with Crippen LogP contribution in [-0.2, 0) is 14.3 Å². The molecule has 0 heterocycles. The van der Waals surface area contributed by atoms with E-state index in [-0.39, 0.29) is 5.92 Å². The first-order valence-electron chi connectivity index (χ1n) is 11.3. The fourth-order valence-corrected chi connectivity index (χ4v) is 3.15. The molecule has 3 amide bonds. The molecule has 7 nitrogen and oxygen atoms in total. The molecule has 3 unspecified atom stereocenters. The number of amides is 3. The molecule has 0 radical (unpaired) electrons. The van der Waals surface area contributed by atoms with E-state index in [1.807, 2.05) is 34.6 Å². The lowest BCUT2D eigenvalue weighted by Crippen LogP contribution is -2.55. The molecule has 3 atom stereocenters. The number of carbonyl (C=O) groups is 3. The summed E-state index contributed by atoms with van der Waals surface area (Å²) in [6, 6.07) is 6.93. The van der Waals surface area contributed by atoms with Crippen molar-refractivity contribution in [2.45, 2.75) is 85.0 Å². The Balaban J connectivity index is 3.46. The molecule has 0 spiro atoms. The van der Waals surface area contributed by atoms with Gasteiger partial charge in [0.2, 0.25) is 5.91 Å². The molecule has 0 bridgehead atoms. The molecule has 7 heteroatoms. The van der Waals surface area contributed by atoms with E-state index in [0.29, 0.717) is 17.5 Å². The smallest absolute Gasteiger partial charge is 0.408 e. The minimum Gasteiger partial charge on any atom is -0.444 e. The standard InChI is InChI=1S/C27H37N3O4/c1-11-18(4)21(28-25(33)34-27(8,9)10)24(32)30(13-3)22(23(31)29-26(5,6)7)20-16-14-19(12-2)15-17-20/h2-3,14-18,21-22H,11H2,1,4-10H3,(H,28,33)(H,29,31). The lowest BCUT2D eigenvalue weighted by molar-refractivity contribution is -0.140. The summed E-state index contributed by atoms with van der Waals surface area (Å²) in [5.41, 5.74) is -0.191. The van der Waals surface area contributed by atoms with E-state index in [0.717, 1.165) is 4.90 Å². The Bertz CT molecular complexity index is 956. The maximum absolute atomic E-state index is 13.7. The third-order valence-corrected chi connectivity index (χ3v) is 4.93. The first-order chi connectivity index (χ1) is 15.6. The van der Waals surface area contributed by atoms with Gasteiger partial charge in [-0.3, -0.25) is 14.5 Å². The fraction of sp³-hybridized carbons (Fsp3) is 0.519. The van der Waals surface area contributed by atoms with Gasteiger partial charge in [-0.2, -0.15) is 0 Å². The van der Waals surface area contributed by atoms with Gasteiger partial charge < -0.3 is 15.4 Å². The zero-order valence-corrected chi connectivity index (χ0v) is 21.5. The lowest BCUT2D eigenvalue weighted by Gasteiger charge is -2.34. The number of ether oxygens (including phenoxy) is 1. The second kappa shape index (κ2) is 11.6. The van der Waals surface area contributed by atoms with Crippen molar-refractivity contribution in [1.29, 1.82) is 0 Å². The minimum absolute atomic E-state index is 0.272. The van der Waals surface area contributed by atoms with E-state index < -0.39 is 41.1 Å². The highest BCUT2D eigenvalue weighted by atomic mass is 16.6. The molecule has 184 valence electrons. The second-order valence-corrected chi connectivity index (χ2v) is 10.3. The summed E-state index contributed by atoms with van der Waals surface area (Å²) in [4.78, 5) is 40.5. The Kier molecular flexibility index (Phi) is 9.76. The average Bonchev–Trinajstić information content (AvgIpc) is 2.72. The number of carbonyl (C=O) groups excluding carboxylic acids is 3. The van der Waals surface area contributed by atoms with Crippen LogP contribution < -0.4 is 10.6 Å². The number of alkyl carbamates (subject to hydrolysis) is 1. The van der Waals surface area contributed by atoms with Crippen molar-refractivity contribution < 1.29 is 19.1 Å². The largest absolute Gasteiger partial charge is 0.444 e. The molecule has 1 rings (SSSR count). The molecule has 0 aliphatic heterocycles. The molecule has 0 fully saturated rings. The van der Waals surface area contributed by atoms with Crippen LogP contribution in [0.15, 0.2) is 24.3 Å². The van der Waals surface area contributed by atoms with Gasteiger partial charge in [-0.1, -0.05) is 44.7 Å². The molecule has 1 aromatic rings. The average molecular weight is 468 g/mol. The van der Waals surface area contributed by atoms with Gasteiger partial charge in [0.15, 0.2) is 0 Å². The normalized spacial score (nSPS) is 13.9. The number of nitrogens with one attached hydrogen (secondary N) is 2. The zero-order chi connectivity index (χ0) is 26.3. The number of hydrogen-bond acceptors (Lipinski definition) is 4. The van der Waals surface area contributed by atoms with Crippen molar-refractivity contribution in [2.24, 2.45) is 5.92 Å². The summed E-state index contributed by atoms with van der Waals surface area (Å²) in [7, 11) is 0. The number of hydrogen-bond donors (Lipinski definition) is 2. The van der Waals surface area contributed by atoms with Crippen molar-refractivity contribution in [3.05, 3.63) is 35.4 Å². The Morgan fingerprint density at radius 2 is 1.62 bits per heavy atom. The molecule has 0 aliphatic carbocycles. The molecule has 0 saturated carbocycles. The van der Waals surface area contributed by atoms with Crippen LogP contribution in [0.2, 0.25) is 0 Å². The van der Waals surface area contributed by atoms with Gasteiger partial charge in [0, 0.05) is 17.1 Å². The monoisotopic (exact) mass is 467 g/mol. The SMILES string of the molecule is C#Cc1ccc(C(C(=O)NC(C)(C)C)N(C#C)C(=O)C(NC(=O)OC(C)(C)C)C(C)CC)cc1. The molecule has 0 aromatic heterocycles. The van der Waals surface area contributed by atoms with Crippen molar-refractivity contribution in [3.63, 3.8) is 0 Å². The maximum atomic E-state index is 13.7. The van der Waals surface area contributed by atoms with E-state index in [4.69, 9.17) is 17.6 Å². The van der Waals surface area contributed by atoms with Crippen molar-refractivity contribution in [2.75, 3.05) is 0 Å². The van der Waals surface area contributed by atoms with Crippen LogP contribution in [-0.4, -0.2) is 40.0 Å². The van der Waals surface area contributed by atoms with Gasteiger partial charge in [-0.25, -0.2) is 4.79 Å². The Morgan fingerprint density at radius 1 is 1.06 bits per heavy atom. The van der Waals surface area contributed by atoms with Crippen molar-refractivity contribution in [1.82, 2.24) is 15.5 Å². The third kappa shape index (κ3) is 8.48. The van der Waals surface area contributed by atoms with Crippen LogP contribution in [0.4, 0.5) is 4.79 Å². The van der Waals surface area contributed by atoms with E-state index in [1.165, 1.54) is 0 Å². The molecule has 34 heavy (non-hydrogen) atoms. The quantitative estimate of drug-likeness (QED) is 0.469. The van der Waals surface area contributed by atoms with Crippen LogP contribution >= 0.6 is 0 Å². The molecular formula is C27H37N3O4. The fourth-order valence-electron chi connectivity index (χ4n) is 3.15. The van der Waals surface area contributed by atoms with Gasteiger partial charge in [-0.15, -0.1) is 6.42 Å². The van der Waals surface area contributed by atoms with Crippen LogP contribution in [0.5, 0.6) is 0 Å². The summed E-state index contributed by atoms with van der Waals surface area (Å²) in [6.45, 7) is 14.4. The van der Waals surface area contributed by atoms with Gasteiger partial charge in [0.1, 0.15) is 17.7 Å². The van der Waals surface area contributed by atoms with Gasteiger partial charge in [0.25, 0.3) is 5.91 Å². The van der Waals surface area contributed by atoms with E-state index in [2.05, 4.69) is 22.6 Å². The molecular weight excluding hydrogens is 430 g/mol. The lowest BCUT2D eigenvalue weighted by atomic mass is 9.95.